The molecule has 2 heteroatoms. The molecule has 1 N–H and O–H groups in total. The third-order valence-corrected chi connectivity index (χ3v) is 5.56. The van der Waals surface area contributed by atoms with Crippen LogP contribution in [0.1, 0.15) is 53.7 Å². The van der Waals surface area contributed by atoms with E-state index in [1.807, 2.05) is 13.0 Å². The minimum Gasteiger partial charge on any atom is -0.380 e. The molecule has 2 aromatic rings. The van der Waals surface area contributed by atoms with Gasteiger partial charge in [0.1, 0.15) is 5.60 Å². The topological polar surface area (TPSA) is 20.2 Å². The first-order valence-electron chi connectivity index (χ1n) is 6.97. The Morgan fingerprint density at radius 2 is 1.95 bits per heavy atom. The molecule has 1 nitrogen and oxygen atoms in total. The zero-order chi connectivity index (χ0) is 13.5. The van der Waals surface area contributed by atoms with E-state index in [1.165, 1.54) is 30.4 Å². The number of hydrogen-bond donors (Lipinski definition) is 1. The maximum Gasteiger partial charge on any atom is 0.121 e. The molecule has 0 radical (unpaired) electrons. The van der Waals surface area contributed by atoms with E-state index in [2.05, 4.69) is 36.6 Å². The third kappa shape index (κ3) is 2.13. The van der Waals surface area contributed by atoms with Crippen LogP contribution in [0.5, 0.6) is 0 Å². The van der Waals surface area contributed by atoms with E-state index < -0.39 is 5.60 Å². The van der Waals surface area contributed by atoms with Crippen LogP contribution in [0.2, 0.25) is 0 Å². The fourth-order valence-electron chi connectivity index (χ4n) is 3.01. The number of aryl methyl sites for hydroxylation is 1. The summed E-state index contributed by atoms with van der Waals surface area (Å²) in [5.74, 6) is 0.642. The van der Waals surface area contributed by atoms with Crippen molar-refractivity contribution in [3.8, 4) is 0 Å². The van der Waals surface area contributed by atoms with Gasteiger partial charge in [-0.3, -0.25) is 0 Å². The lowest BCUT2D eigenvalue weighted by atomic mass is 9.75. The van der Waals surface area contributed by atoms with E-state index >= 15 is 0 Å². The molecular formula is C17H20OS. The molecule has 0 amide bonds. The molecule has 1 atom stereocenters. The van der Waals surface area contributed by atoms with Crippen molar-refractivity contribution in [2.24, 2.45) is 0 Å². The van der Waals surface area contributed by atoms with Gasteiger partial charge in [-0.05, 0) is 60.7 Å². The van der Waals surface area contributed by atoms with Gasteiger partial charge in [0.15, 0.2) is 0 Å². The molecule has 0 bridgehead atoms. The fraction of sp³-hybridized carbons (Fsp3) is 0.412. The van der Waals surface area contributed by atoms with Gasteiger partial charge >= 0.3 is 0 Å². The second kappa shape index (κ2) is 4.77. The summed E-state index contributed by atoms with van der Waals surface area (Å²) in [5, 5.41) is 13.1. The maximum atomic E-state index is 11.1. The van der Waals surface area contributed by atoms with Crippen LogP contribution < -0.4 is 0 Å². The second-order valence-electron chi connectivity index (χ2n) is 5.72. The number of benzene rings is 1. The molecule has 1 saturated carbocycles. The van der Waals surface area contributed by atoms with Crippen LogP contribution in [-0.2, 0) is 5.60 Å². The minimum atomic E-state index is -0.871. The van der Waals surface area contributed by atoms with Gasteiger partial charge in [0.2, 0.25) is 0 Å². The van der Waals surface area contributed by atoms with E-state index in [0.717, 1.165) is 10.4 Å². The summed E-state index contributed by atoms with van der Waals surface area (Å²) >= 11 is 1.65. The van der Waals surface area contributed by atoms with Crippen molar-refractivity contribution in [3.63, 3.8) is 0 Å². The van der Waals surface area contributed by atoms with E-state index in [9.17, 15) is 5.11 Å². The van der Waals surface area contributed by atoms with Gasteiger partial charge in [0.25, 0.3) is 0 Å². The molecule has 19 heavy (non-hydrogen) atoms. The summed E-state index contributed by atoms with van der Waals surface area (Å²) in [6, 6.07) is 10.5. The summed E-state index contributed by atoms with van der Waals surface area (Å²) < 4.78 is 0. The molecule has 0 aliphatic heterocycles. The van der Waals surface area contributed by atoms with E-state index in [4.69, 9.17) is 0 Å². The molecule has 1 heterocycles. The first kappa shape index (κ1) is 12.9. The van der Waals surface area contributed by atoms with Crippen molar-refractivity contribution >= 4 is 11.3 Å². The van der Waals surface area contributed by atoms with E-state index in [1.54, 1.807) is 11.3 Å². The Hall–Kier alpha value is -1.12. The lowest BCUT2D eigenvalue weighted by molar-refractivity contribution is 0.103. The molecule has 1 aromatic carbocycles. The van der Waals surface area contributed by atoms with Crippen molar-refractivity contribution in [3.05, 3.63) is 57.3 Å². The van der Waals surface area contributed by atoms with Gasteiger partial charge < -0.3 is 5.11 Å². The highest BCUT2D eigenvalue weighted by Gasteiger charge is 2.33. The lowest BCUT2D eigenvalue weighted by Crippen LogP contribution is -2.26. The van der Waals surface area contributed by atoms with Crippen LogP contribution in [0.25, 0.3) is 0 Å². The zero-order valence-electron chi connectivity index (χ0n) is 11.5. The summed E-state index contributed by atoms with van der Waals surface area (Å²) in [6.07, 6.45) is 3.84. The van der Waals surface area contributed by atoms with Crippen LogP contribution in [0.15, 0.2) is 35.7 Å². The Labute approximate surface area is 118 Å². The van der Waals surface area contributed by atoms with Gasteiger partial charge in [-0.1, -0.05) is 30.7 Å². The Balaban J connectivity index is 2.08. The minimum absolute atomic E-state index is 0.642. The highest BCUT2D eigenvalue weighted by Crippen LogP contribution is 2.43. The average molecular weight is 272 g/mol. The molecule has 1 aromatic heterocycles. The van der Waals surface area contributed by atoms with Crippen molar-refractivity contribution in [2.45, 2.75) is 44.6 Å². The standard InChI is InChI=1S/C17H20OS/c1-12-10-11-19-16(12)17(2,18)15-9-4-3-8-14(15)13-6-5-7-13/h3-4,8-11,13,18H,5-7H2,1-2H3. The monoisotopic (exact) mass is 272 g/mol. The fourth-order valence-corrected chi connectivity index (χ4v) is 4.01. The Bertz CT molecular complexity index is 578. The van der Waals surface area contributed by atoms with Crippen molar-refractivity contribution in [1.82, 2.24) is 0 Å². The predicted octanol–water partition coefficient (Wildman–Crippen LogP) is 4.58. The number of thiophene rings is 1. The summed E-state index contributed by atoms with van der Waals surface area (Å²) in [5.41, 5.74) is 2.74. The van der Waals surface area contributed by atoms with Crippen LogP contribution in [0.4, 0.5) is 0 Å². The van der Waals surface area contributed by atoms with E-state index in [-0.39, 0.29) is 0 Å². The molecule has 0 saturated heterocycles. The maximum absolute atomic E-state index is 11.1. The first-order chi connectivity index (χ1) is 9.10. The van der Waals surface area contributed by atoms with Crippen LogP contribution >= 0.6 is 11.3 Å². The summed E-state index contributed by atoms with van der Waals surface area (Å²) in [4.78, 5) is 1.07. The van der Waals surface area contributed by atoms with Crippen molar-refractivity contribution in [1.29, 1.82) is 0 Å². The largest absolute Gasteiger partial charge is 0.380 e. The molecule has 1 aliphatic rings. The predicted molar refractivity (Wildman–Crippen MR) is 80.8 cm³/mol. The van der Waals surface area contributed by atoms with Gasteiger partial charge in [-0.25, -0.2) is 0 Å². The number of aliphatic hydroxyl groups is 1. The highest BCUT2D eigenvalue weighted by atomic mass is 32.1. The second-order valence-corrected chi connectivity index (χ2v) is 6.64. The molecule has 0 spiro atoms. The summed E-state index contributed by atoms with van der Waals surface area (Å²) in [7, 11) is 0. The molecule has 1 unspecified atom stereocenters. The smallest absolute Gasteiger partial charge is 0.121 e. The quantitative estimate of drug-likeness (QED) is 0.867. The van der Waals surface area contributed by atoms with Crippen LogP contribution in [0, 0.1) is 6.92 Å². The summed E-state index contributed by atoms with van der Waals surface area (Å²) in [6.45, 7) is 4.01. The first-order valence-corrected chi connectivity index (χ1v) is 7.85. The molecule has 100 valence electrons. The number of hydrogen-bond acceptors (Lipinski definition) is 2. The van der Waals surface area contributed by atoms with Gasteiger partial charge in [0, 0.05) is 4.88 Å². The SMILES string of the molecule is Cc1ccsc1C(C)(O)c1ccccc1C1CCC1. The Kier molecular flexibility index (Phi) is 3.23. The molecule has 1 fully saturated rings. The average Bonchev–Trinajstić information content (AvgIpc) is 2.74. The van der Waals surface area contributed by atoms with Gasteiger partial charge in [-0.15, -0.1) is 11.3 Å². The molecule has 1 aliphatic carbocycles. The third-order valence-electron chi connectivity index (χ3n) is 4.33. The van der Waals surface area contributed by atoms with Crippen LogP contribution in [0.3, 0.4) is 0 Å². The van der Waals surface area contributed by atoms with Gasteiger partial charge in [0.05, 0.1) is 0 Å². The van der Waals surface area contributed by atoms with Gasteiger partial charge in [-0.2, -0.15) is 0 Å². The number of rotatable bonds is 3. The normalized spacial score (nSPS) is 18.9. The Morgan fingerprint density at radius 1 is 1.21 bits per heavy atom. The van der Waals surface area contributed by atoms with Crippen molar-refractivity contribution < 1.29 is 5.11 Å². The van der Waals surface area contributed by atoms with Crippen molar-refractivity contribution in [2.75, 3.05) is 0 Å². The van der Waals surface area contributed by atoms with Crippen LogP contribution in [-0.4, -0.2) is 5.11 Å². The van der Waals surface area contributed by atoms with E-state index in [0.29, 0.717) is 5.92 Å². The molecular weight excluding hydrogens is 252 g/mol. The highest BCUT2D eigenvalue weighted by molar-refractivity contribution is 7.10. The Morgan fingerprint density at radius 3 is 2.53 bits per heavy atom. The zero-order valence-corrected chi connectivity index (χ0v) is 12.3. The molecule has 3 rings (SSSR count). The lowest BCUT2D eigenvalue weighted by Gasteiger charge is -2.33.